The molecule has 0 heterocycles. The maximum absolute atomic E-state index is 12.8. The summed E-state index contributed by atoms with van der Waals surface area (Å²) in [7, 11) is -6.25. The first-order chi connectivity index (χ1) is 11.3. The van der Waals surface area contributed by atoms with Crippen molar-refractivity contribution >= 4 is 27.2 Å². The molecule has 0 spiro atoms. The largest absolute Gasteiger partial charge is 0.498 e. The lowest BCUT2D eigenvalue weighted by atomic mass is 10.1. The number of alkyl halides is 3. The summed E-state index contributed by atoms with van der Waals surface area (Å²) in [6, 6.07) is 1.20. The molecule has 0 radical (unpaired) electrons. The van der Waals surface area contributed by atoms with Gasteiger partial charge in [-0.3, -0.25) is 25.0 Å². The van der Waals surface area contributed by atoms with Crippen molar-refractivity contribution in [2.75, 3.05) is 6.61 Å². The average molecular weight is 386 g/mol. The first-order valence-electron chi connectivity index (χ1n) is 6.24. The number of halogens is 3. The molecule has 1 atom stereocenters. The number of esters is 1. The molecule has 0 aliphatic carbocycles. The highest BCUT2D eigenvalue weighted by molar-refractivity contribution is 7.93. The number of nitro benzene ring substituents is 2. The van der Waals surface area contributed by atoms with E-state index in [0.29, 0.717) is 12.1 Å². The summed E-state index contributed by atoms with van der Waals surface area (Å²) in [5.74, 6) is -1.89. The van der Waals surface area contributed by atoms with Crippen LogP contribution in [0.3, 0.4) is 0 Å². The number of ether oxygens (including phenoxy) is 1. The highest BCUT2D eigenvalue weighted by atomic mass is 32.2. The molecule has 14 heteroatoms. The quantitative estimate of drug-likeness (QED) is 0.410. The van der Waals surface area contributed by atoms with Crippen molar-refractivity contribution in [1.82, 2.24) is 0 Å². The van der Waals surface area contributed by atoms with Crippen LogP contribution < -0.4 is 0 Å². The fraction of sp³-hybridized carbons (Fsp3) is 0.364. The van der Waals surface area contributed by atoms with Crippen molar-refractivity contribution in [3.63, 3.8) is 0 Å². The van der Waals surface area contributed by atoms with E-state index in [1.807, 2.05) is 0 Å². The minimum atomic E-state index is -6.25. The van der Waals surface area contributed by atoms with E-state index in [9.17, 15) is 46.6 Å². The second kappa shape index (κ2) is 7.00. The van der Waals surface area contributed by atoms with Crippen LogP contribution in [0.4, 0.5) is 24.5 Å². The van der Waals surface area contributed by atoms with Crippen LogP contribution in [0.15, 0.2) is 18.2 Å². The summed E-state index contributed by atoms with van der Waals surface area (Å²) in [6.07, 6.45) is 0. The highest BCUT2D eigenvalue weighted by Gasteiger charge is 2.56. The Balaban J connectivity index is 3.75. The molecule has 1 rings (SSSR count). The van der Waals surface area contributed by atoms with E-state index in [2.05, 4.69) is 4.74 Å². The summed E-state index contributed by atoms with van der Waals surface area (Å²) in [5.41, 5.74) is -9.31. The molecule has 25 heavy (non-hydrogen) atoms. The van der Waals surface area contributed by atoms with E-state index in [1.54, 1.807) is 0 Å². The van der Waals surface area contributed by atoms with E-state index in [0.717, 1.165) is 0 Å². The minimum Gasteiger partial charge on any atom is -0.465 e. The molecule has 1 aromatic carbocycles. The van der Waals surface area contributed by atoms with Gasteiger partial charge in [-0.25, -0.2) is 8.42 Å². The predicted octanol–water partition coefficient (Wildman–Crippen LogP) is 2.04. The number of benzene rings is 1. The van der Waals surface area contributed by atoms with Gasteiger partial charge in [0, 0.05) is 6.07 Å². The normalized spacial score (nSPS) is 13.1. The minimum absolute atomic E-state index is 0.257. The van der Waals surface area contributed by atoms with Crippen LogP contribution in [-0.2, 0) is 19.4 Å². The molecule has 0 aromatic heterocycles. The van der Waals surface area contributed by atoms with E-state index < -0.39 is 60.0 Å². The Morgan fingerprint density at radius 2 is 1.80 bits per heavy atom. The Hall–Kier alpha value is -2.77. The summed E-state index contributed by atoms with van der Waals surface area (Å²) in [4.78, 5) is 31.0. The van der Waals surface area contributed by atoms with Crippen molar-refractivity contribution in [3.05, 3.63) is 44.0 Å². The molecule has 1 aromatic rings. The lowest BCUT2D eigenvalue weighted by Crippen LogP contribution is -2.35. The molecule has 1 unspecified atom stereocenters. The Morgan fingerprint density at radius 1 is 1.24 bits per heavy atom. The van der Waals surface area contributed by atoms with Crippen molar-refractivity contribution in [1.29, 1.82) is 0 Å². The predicted molar refractivity (Wildman–Crippen MR) is 74.1 cm³/mol. The summed E-state index contributed by atoms with van der Waals surface area (Å²) >= 11 is 0. The Bertz CT molecular complexity index is 821. The smallest absolute Gasteiger partial charge is 0.465 e. The number of rotatable bonds is 6. The molecule has 0 fully saturated rings. The van der Waals surface area contributed by atoms with E-state index in [4.69, 9.17) is 0 Å². The number of non-ortho nitro benzene ring substituents is 1. The molecule has 138 valence electrons. The molecule has 0 saturated heterocycles. The van der Waals surface area contributed by atoms with Crippen LogP contribution in [0, 0.1) is 20.2 Å². The molecule has 10 nitrogen and oxygen atoms in total. The van der Waals surface area contributed by atoms with Crippen LogP contribution in [0.1, 0.15) is 17.7 Å². The topological polar surface area (TPSA) is 147 Å². The van der Waals surface area contributed by atoms with Gasteiger partial charge in [-0.15, -0.1) is 0 Å². The van der Waals surface area contributed by atoms with Crippen LogP contribution in [0.25, 0.3) is 0 Å². The molecule has 0 aliphatic heterocycles. The number of hydrogen-bond donors (Lipinski definition) is 0. The highest BCUT2D eigenvalue weighted by Crippen LogP contribution is 2.40. The second-order valence-corrected chi connectivity index (χ2v) is 6.40. The van der Waals surface area contributed by atoms with Crippen LogP contribution in [0.2, 0.25) is 0 Å². The zero-order valence-electron chi connectivity index (χ0n) is 12.2. The van der Waals surface area contributed by atoms with Crippen molar-refractivity contribution in [2.24, 2.45) is 0 Å². The number of hydrogen-bond acceptors (Lipinski definition) is 8. The summed E-state index contributed by atoms with van der Waals surface area (Å²) in [6.45, 7) is 0.683. The van der Waals surface area contributed by atoms with Gasteiger partial charge in [0.25, 0.3) is 21.2 Å². The fourth-order valence-electron chi connectivity index (χ4n) is 1.80. The number of carbonyl (C=O) groups excluding carboxylic acids is 1. The lowest BCUT2D eigenvalue weighted by molar-refractivity contribution is -0.394. The van der Waals surface area contributed by atoms with E-state index >= 15 is 0 Å². The molecule has 0 N–H and O–H groups in total. The fourth-order valence-corrected chi connectivity index (χ4v) is 2.92. The van der Waals surface area contributed by atoms with Gasteiger partial charge < -0.3 is 4.74 Å². The Kier molecular flexibility index (Phi) is 5.68. The SMILES string of the molecule is CCOC(=O)C(c1ccc([N+](=O)[O-])cc1[N+](=O)[O-])S(=O)(=O)C(F)(F)F. The van der Waals surface area contributed by atoms with Crippen LogP contribution in [0.5, 0.6) is 0 Å². The van der Waals surface area contributed by atoms with Gasteiger partial charge >= 0.3 is 11.5 Å². The third-order valence-electron chi connectivity index (χ3n) is 2.84. The summed E-state index contributed by atoms with van der Waals surface area (Å²) < 4.78 is 66.1. The molecular formula is C11H9F3N2O8S. The van der Waals surface area contributed by atoms with Crippen molar-refractivity contribution < 1.29 is 41.0 Å². The van der Waals surface area contributed by atoms with E-state index in [1.165, 1.54) is 6.92 Å². The van der Waals surface area contributed by atoms with E-state index in [-0.39, 0.29) is 6.07 Å². The monoisotopic (exact) mass is 386 g/mol. The van der Waals surface area contributed by atoms with Gasteiger partial charge in [0.05, 0.1) is 28.1 Å². The number of carbonyl (C=O) groups is 1. The standard InChI is InChI=1S/C11H9F3N2O8S/c1-2-24-10(17)9(25(22,23)11(12,13)14)7-4-3-6(15(18)19)5-8(7)16(20)21/h3-5,9H,2H2,1H3. The maximum Gasteiger partial charge on any atom is 0.498 e. The van der Waals surface area contributed by atoms with Crippen molar-refractivity contribution in [2.45, 2.75) is 17.7 Å². The van der Waals surface area contributed by atoms with Crippen LogP contribution >= 0.6 is 0 Å². The number of nitro groups is 2. The van der Waals surface area contributed by atoms with Gasteiger partial charge in [0.15, 0.2) is 5.25 Å². The van der Waals surface area contributed by atoms with Gasteiger partial charge in [-0.2, -0.15) is 13.2 Å². The number of nitrogens with zero attached hydrogens (tertiary/aromatic N) is 2. The van der Waals surface area contributed by atoms with Crippen LogP contribution in [-0.4, -0.2) is 36.3 Å². The van der Waals surface area contributed by atoms with Gasteiger partial charge in [-0.05, 0) is 13.0 Å². The van der Waals surface area contributed by atoms with Crippen molar-refractivity contribution in [3.8, 4) is 0 Å². The third kappa shape index (κ3) is 4.01. The summed E-state index contributed by atoms with van der Waals surface area (Å²) in [5, 5.41) is 18.6. The zero-order valence-corrected chi connectivity index (χ0v) is 13.0. The van der Waals surface area contributed by atoms with Gasteiger partial charge in [0.2, 0.25) is 0 Å². The molecule has 0 saturated carbocycles. The zero-order chi connectivity index (χ0) is 19.6. The molecule has 0 bridgehead atoms. The lowest BCUT2D eigenvalue weighted by Gasteiger charge is -2.18. The Labute approximate surface area is 137 Å². The third-order valence-corrected chi connectivity index (χ3v) is 4.55. The average Bonchev–Trinajstić information content (AvgIpc) is 2.46. The molecular weight excluding hydrogens is 377 g/mol. The maximum atomic E-state index is 12.8. The first kappa shape index (κ1) is 20.3. The number of sulfone groups is 1. The molecule has 0 amide bonds. The van der Waals surface area contributed by atoms with Gasteiger partial charge in [-0.1, -0.05) is 0 Å². The van der Waals surface area contributed by atoms with Gasteiger partial charge in [0.1, 0.15) is 0 Å². The first-order valence-corrected chi connectivity index (χ1v) is 7.78. The second-order valence-electron chi connectivity index (χ2n) is 4.38. The Morgan fingerprint density at radius 3 is 2.20 bits per heavy atom. The molecule has 0 aliphatic rings.